The third-order valence-electron chi connectivity index (χ3n) is 3.99. The number of fused-ring (bicyclic) bond motifs is 1. The average Bonchev–Trinajstić information content (AvgIpc) is 2.63. The van der Waals surface area contributed by atoms with E-state index in [0.717, 1.165) is 11.3 Å². The molecule has 1 aromatic carbocycles. The zero-order chi connectivity index (χ0) is 19.4. The van der Waals surface area contributed by atoms with Gasteiger partial charge in [-0.2, -0.15) is 0 Å². The van der Waals surface area contributed by atoms with Gasteiger partial charge in [0.25, 0.3) is 0 Å². The van der Waals surface area contributed by atoms with Gasteiger partial charge >= 0.3 is 0 Å². The Balaban J connectivity index is 1.66. The van der Waals surface area contributed by atoms with Crippen LogP contribution in [0.5, 0.6) is 11.5 Å². The van der Waals surface area contributed by atoms with Crippen LogP contribution < -0.4 is 26.3 Å². The molecule has 0 unspecified atom stereocenters. The van der Waals surface area contributed by atoms with Gasteiger partial charge in [-0.3, -0.25) is 4.79 Å². The summed E-state index contributed by atoms with van der Waals surface area (Å²) in [6, 6.07) is 7.08. The van der Waals surface area contributed by atoms with Gasteiger partial charge in [0.2, 0.25) is 5.91 Å². The highest BCUT2D eigenvalue weighted by Gasteiger charge is 2.21. The normalized spacial score (nSPS) is 14.0. The third-order valence-corrected chi connectivity index (χ3v) is 4.83. The Morgan fingerprint density at radius 2 is 1.81 bits per heavy atom. The van der Waals surface area contributed by atoms with Crippen LogP contribution >= 0.6 is 11.8 Å². The number of nitrogens with zero attached hydrogens (tertiary/aromatic N) is 2. The largest absolute Gasteiger partial charge is 0.486 e. The number of rotatable bonds is 6. The number of benzene rings is 1. The van der Waals surface area contributed by atoms with Crippen LogP contribution in [0.1, 0.15) is 25.5 Å². The summed E-state index contributed by atoms with van der Waals surface area (Å²) >= 11 is 1.19. The van der Waals surface area contributed by atoms with Gasteiger partial charge in [0.05, 0.1) is 11.8 Å². The molecule has 9 heteroatoms. The van der Waals surface area contributed by atoms with Gasteiger partial charge in [-0.1, -0.05) is 31.7 Å². The Morgan fingerprint density at radius 1 is 1.15 bits per heavy atom. The fourth-order valence-electron chi connectivity index (χ4n) is 2.76. The number of carbonyl (C=O) groups is 1. The maximum Gasteiger partial charge on any atom is 0.230 e. The van der Waals surface area contributed by atoms with E-state index in [0.29, 0.717) is 24.1 Å². The lowest BCUT2D eigenvalue weighted by atomic mass is 9.95. The standard InChI is InChI=1S/C18H23N5O3S/c1-10(2)17(11-3-4-12-13(7-11)26-6-5-25-12)23-16(24)9-27-18-21-14(19)8-15(20)22-18/h3-4,7-8,10,17H,5-6,9H2,1-2H3,(H,23,24)(H4,19,20,21,22)/t17-/m0/s1. The number of hydrogen-bond acceptors (Lipinski definition) is 8. The summed E-state index contributed by atoms with van der Waals surface area (Å²) in [5.74, 6) is 2.22. The molecule has 1 amide bonds. The number of carbonyl (C=O) groups excluding carboxylic acids is 1. The first-order valence-electron chi connectivity index (χ1n) is 8.64. The monoisotopic (exact) mass is 389 g/mol. The van der Waals surface area contributed by atoms with Crippen LogP contribution in [0, 0.1) is 5.92 Å². The molecular formula is C18H23N5O3S. The zero-order valence-electron chi connectivity index (χ0n) is 15.3. The minimum Gasteiger partial charge on any atom is -0.486 e. The molecule has 1 aliphatic rings. The van der Waals surface area contributed by atoms with Crippen molar-refractivity contribution in [2.45, 2.75) is 25.0 Å². The van der Waals surface area contributed by atoms with Crippen LogP contribution in [-0.2, 0) is 4.79 Å². The number of thioether (sulfide) groups is 1. The lowest BCUT2D eigenvalue weighted by Crippen LogP contribution is -2.33. The Labute approximate surface area is 162 Å². The van der Waals surface area contributed by atoms with Crippen LogP contribution in [-0.4, -0.2) is 34.8 Å². The molecule has 5 N–H and O–H groups in total. The molecule has 1 atom stereocenters. The van der Waals surface area contributed by atoms with Gasteiger partial charge < -0.3 is 26.3 Å². The maximum atomic E-state index is 12.5. The van der Waals surface area contributed by atoms with E-state index in [1.165, 1.54) is 17.8 Å². The third kappa shape index (κ3) is 4.94. The van der Waals surface area contributed by atoms with Crippen molar-refractivity contribution in [3.63, 3.8) is 0 Å². The summed E-state index contributed by atoms with van der Waals surface area (Å²) in [5.41, 5.74) is 12.3. The number of nitrogens with one attached hydrogen (secondary N) is 1. The Bertz CT molecular complexity index is 810. The molecule has 2 heterocycles. The van der Waals surface area contributed by atoms with Crippen LogP contribution in [0.2, 0.25) is 0 Å². The Kier molecular flexibility index (Phi) is 5.90. The molecule has 0 saturated carbocycles. The van der Waals surface area contributed by atoms with Crippen molar-refractivity contribution in [2.24, 2.45) is 5.92 Å². The highest BCUT2D eigenvalue weighted by atomic mass is 32.2. The lowest BCUT2D eigenvalue weighted by Gasteiger charge is -2.25. The van der Waals surface area contributed by atoms with Gasteiger partial charge in [-0.15, -0.1) is 0 Å². The highest BCUT2D eigenvalue weighted by molar-refractivity contribution is 7.99. The zero-order valence-corrected chi connectivity index (χ0v) is 16.1. The number of nitrogens with two attached hydrogens (primary N) is 2. The number of hydrogen-bond donors (Lipinski definition) is 3. The van der Waals surface area contributed by atoms with E-state index in [9.17, 15) is 4.79 Å². The van der Waals surface area contributed by atoms with Gasteiger partial charge in [0.15, 0.2) is 16.7 Å². The van der Waals surface area contributed by atoms with Gasteiger partial charge in [-0.05, 0) is 23.6 Å². The summed E-state index contributed by atoms with van der Waals surface area (Å²) in [6.07, 6.45) is 0. The van der Waals surface area contributed by atoms with Crippen LogP contribution in [0.15, 0.2) is 29.4 Å². The molecule has 0 radical (unpaired) electrons. The maximum absolute atomic E-state index is 12.5. The SMILES string of the molecule is CC(C)[C@H](NC(=O)CSc1nc(N)cc(N)n1)c1ccc2c(c1)OCCO2. The first kappa shape index (κ1) is 19.1. The van der Waals surface area contributed by atoms with E-state index in [-0.39, 0.29) is 35.3 Å². The van der Waals surface area contributed by atoms with Crippen molar-refractivity contribution < 1.29 is 14.3 Å². The van der Waals surface area contributed by atoms with Crippen LogP contribution in [0.25, 0.3) is 0 Å². The number of nitrogen functional groups attached to an aromatic ring is 2. The average molecular weight is 389 g/mol. The molecule has 0 fully saturated rings. The van der Waals surface area contributed by atoms with E-state index in [4.69, 9.17) is 20.9 Å². The first-order chi connectivity index (χ1) is 12.9. The molecule has 1 aliphatic heterocycles. The Hall–Kier alpha value is -2.68. The second-order valence-electron chi connectivity index (χ2n) is 6.48. The van der Waals surface area contributed by atoms with Crippen molar-refractivity contribution >= 4 is 29.3 Å². The number of anilines is 2. The minimum atomic E-state index is -0.152. The van der Waals surface area contributed by atoms with Crippen LogP contribution in [0.3, 0.4) is 0 Å². The van der Waals surface area contributed by atoms with Gasteiger partial charge in [0, 0.05) is 6.07 Å². The van der Waals surface area contributed by atoms with Crippen molar-refractivity contribution in [3.8, 4) is 11.5 Å². The van der Waals surface area contributed by atoms with Gasteiger partial charge in [-0.25, -0.2) is 9.97 Å². The fourth-order valence-corrected chi connectivity index (χ4v) is 3.44. The van der Waals surface area contributed by atoms with E-state index in [2.05, 4.69) is 29.1 Å². The van der Waals surface area contributed by atoms with E-state index < -0.39 is 0 Å². The predicted molar refractivity (Wildman–Crippen MR) is 105 cm³/mol. The fraction of sp³-hybridized carbons (Fsp3) is 0.389. The molecule has 3 rings (SSSR count). The number of ether oxygens (including phenoxy) is 2. The molecule has 27 heavy (non-hydrogen) atoms. The van der Waals surface area contributed by atoms with Crippen molar-refractivity contribution in [1.29, 1.82) is 0 Å². The summed E-state index contributed by atoms with van der Waals surface area (Å²) < 4.78 is 11.2. The molecule has 0 spiro atoms. The second-order valence-corrected chi connectivity index (χ2v) is 7.42. The van der Waals surface area contributed by atoms with Crippen LogP contribution in [0.4, 0.5) is 11.6 Å². The van der Waals surface area contributed by atoms with E-state index in [1.54, 1.807) is 0 Å². The minimum absolute atomic E-state index is 0.127. The molecular weight excluding hydrogens is 366 g/mol. The summed E-state index contributed by atoms with van der Waals surface area (Å²) in [6.45, 7) is 5.17. The molecule has 8 nitrogen and oxygen atoms in total. The quantitative estimate of drug-likeness (QED) is 0.506. The van der Waals surface area contributed by atoms with E-state index >= 15 is 0 Å². The predicted octanol–water partition coefficient (Wildman–Crippen LogP) is 2.02. The Morgan fingerprint density at radius 3 is 2.48 bits per heavy atom. The summed E-state index contributed by atoms with van der Waals surface area (Å²) in [7, 11) is 0. The van der Waals surface area contributed by atoms with Crippen molar-refractivity contribution in [2.75, 3.05) is 30.4 Å². The summed E-state index contributed by atoms with van der Waals surface area (Å²) in [4.78, 5) is 20.6. The smallest absolute Gasteiger partial charge is 0.230 e. The van der Waals surface area contributed by atoms with Crippen molar-refractivity contribution in [3.05, 3.63) is 29.8 Å². The topological polar surface area (TPSA) is 125 Å². The second kappa shape index (κ2) is 8.34. The highest BCUT2D eigenvalue weighted by Crippen LogP contribution is 2.34. The molecule has 144 valence electrons. The molecule has 0 bridgehead atoms. The molecule has 0 aliphatic carbocycles. The first-order valence-corrected chi connectivity index (χ1v) is 9.62. The van der Waals surface area contributed by atoms with Crippen molar-refractivity contribution in [1.82, 2.24) is 15.3 Å². The molecule has 1 aromatic heterocycles. The van der Waals surface area contributed by atoms with Gasteiger partial charge in [0.1, 0.15) is 24.8 Å². The number of aromatic nitrogens is 2. The number of amides is 1. The molecule has 2 aromatic rings. The summed E-state index contributed by atoms with van der Waals surface area (Å²) in [5, 5.41) is 3.44. The van der Waals surface area contributed by atoms with E-state index in [1.807, 2.05) is 18.2 Å². The lowest BCUT2D eigenvalue weighted by molar-refractivity contribution is -0.119. The molecule has 0 saturated heterocycles.